The van der Waals surface area contributed by atoms with E-state index in [9.17, 15) is 14.2 Å². The Kier molecular flexibility index (Phi) is 31.3. The van der Waals surface area contributed by atoms with Crippen LogP contribution in [0.25, 0.3) is 0 Å². The molecule has 0 radical (unpaired) electrons. The molecule has 0 aliphatic heterocycles. The van der Waals surface area contributed by atoms with Crippen LogP contribution in [0.3, 0.4) is 0 Å². The van der Waals surface area contributed by atoms with Crippen LogP contribution in [0.1, 0.15) is 194 Å². The number of hydrogen-bond acceptors (Lipinski definition) is 6. The van der Waals surface area contributed by atoms with Crippen LogP contribution in [0, 0.1) is 0 Å². The molecule has 0 aromatic heterocycles. The van der Waals surface area contributed by atoms with E-state index in [1.54, 1.807) is 0 Å². The van der Waals surface area contributed by atoms with E-state index in [1.807, 2.05) is 0 Å². The van der Waals surface area contributed by atoms with Gasteiger partial charge in [0.25, 0.3) is 0 Å². The normalized spacial score (nSPS) is 12.4. The summed E-state index contributed by atoms with van der Waals surface area (Å²) in [5.41, 5.74) is 0. The zero-order valence-electron chi connectivity index (χ0n) is 28.6. The number of carbonyl (C=O) groups excluding carboxylic acids is 2. The van der Waals surface area contributed by atoms with Crippen molar-refractivity contribution in [3.05, 3.63) is 0 Å². The van der Waals surface area contributed by atoms with Gasteiger partial charge >= 0.3 is 19.8 Å². The highest BCUT2D eigenvalue weighted by Gasteiger charge is 2.22. The minimum absolute atomic E-state index is 0.220. The second kappa shape index (κ2) is 32.0. The van der Waals surface area contributed by atoms with Gasteiger partial charge in [0.05, 0.1) is 6.61 Å². The Bertz CT molecular complexity index is 696. The summed E-state index contributed by atoms with van der Waals surface area (Å²) in [6, 6.07) is 0. The molecule has 0 aliphatic rings. The number of carbonyl (C=O) groups is 2. The lowest BCUT2D eigenvalue weighted by Crippen LogP contribution is -2.29. The standard InChI is InChI=1S/C35H69O8P/c1-3-5-7-9-11-13-15-16-17-18-19-20-22-24-26-28-30-35(37)43-33(32-42-44(38,39)40)31-41-34(36)29-27-25-23-21-14-12-10-8-6-4-2/h33H,3-32H2,1-2H3,(H2,38,39,40). The number of phosphoric acid groups is 1. The van der Waals surface area contributed by atoms with Gasteiger partial charge in [0.1, 0.15) is 6.61 Å². The lowest BCUT2D eigenvalue weighted by Gasteiger charge is -2.18. The predicted molar refractivity (Wildman–Crippen MR) is 179 cm³/mol. The van der Waals surface area contributed by atoms with E-state index in [0.717, 1.165) is 32.1 Å². The van der Waals surface area contributed by atoms with Gasteiger partial charge in [-0.1, -0.05) is 168 Å². The van der Waals surface area contributed by atoms with Crippen LogP contribution in [0.15, 0.2) is 0 Å². The lowest BCUT2D eigenvalue weighted by molar-refractivity contribution is -0.161. The molecule has 1 atom stereocenters. The lowest BCUT2D eigenvalue weighted by atomic mass is 10.0. The van der Waals surface area contributed by atoms with Gasteiger partial charge in [-0.3, -0.25) is 14.1 Å². The molecule has 2 N–H and O–H groups in total. The van der Waals surface area contributed by atoms with Gasteiger partial charge in [-0.15, -0.1) is 0 Å². The third-order valence-electron chi connectivity index (χ3n) is 8.13. The summed E-state index contributed by atoms with van der Waals surface area (Å²) in [7, 11) is -4.74. The number of phosphoric ester groups is 1. The van der Waals surface area contributed by atoms with Gasteiger partial charge in [0, 0.05) is 12.8 Å². The quantitative estimate of drug-likeness (QED) is 0.0402. The average Bonchev–Trinajstić information content (AvgIpc) is 2.98. The maximum absolute atomic E-state index is 12.3. The molecule has 9 heteroatoms. The Balaban J connectivity index is 3.91. The Morgan fingerprint density at radius 2 is 0.818 bits per heavy atom. The van der Waals surface area contributed by atoms with Gasteiger partial charge in [-0.25, -0.2) is 4.57 Å². The first-order chi connectivity index (χ1) is 21.3. The molecule has 0 spiro atoms. The monoisotopic (exact) mass is 648 g/mol. The fraction of sp³-hybridized carbons (Fsp3) is 0.943. The molecule has 262 valence electrons. The summed E-state index contributed by atoms with van der Waals surface area (Å²) in [5.74, 6) is -0.875. The number of rotatable bonds is 34. The van der Waals surface area contributed by atoms with Crippen molar-refractivity contribution in [1.29, 1.82) is 0 Å². The first-order valence-electron chi connectivity index (χ1n) is 18.3. The molecule has 0 heterocycles. The summed E-state index contributed by atoms with van der Waals surface area (Å²) in [5, 5.41) is 0. The maximum atomic E-state index is 12.3. The van der Waals surface area contributed by atoms with Crippen LogP contribution in [0.2, 0.25) is 0 Å². The van der Waals surface area contributed by atoms with Crippen molar-refractivity contribution in [3.8, 4) is 0 Å². The van der Waals surface area contributed by atoms with Crippen molar-refractivity contribution in [2.24, 2.45) is 0 Å². The Morgan fingerprint density at radius 1 is 0.500 bits per heavy atom. The summed E-state index contributed by atoms with van der Waals surface area (Å²) in [6.07, 6.45) is 31.1. The van der Waals surface area contributed by atoms with E-state index in [-0.39, 0.29) is 19.4 Å². The van der Waals surface area contributed by atoms with Crippen molar-refractivity contribution >= 4 is 19.8 Å². The second-order valence-electron chi connectivity index (χ2n) is 12.6. The molecule has 0 saturated heterocycles. The summed E-state index contributed by atoms with van der Waals surface area (Å²) in [4.78, 5) is 42.6. The summed E-state index contributed by atoms with van der Waals surface area (Å²) < 4.78 is 26.2. The third kappa shape index (κ3) is 33.9. The van der Waals surface area contributed by atoms with Crippen LogP contribution < -0.4 is 0 Å². The van der Waals surface area contributed by atoms with Crippen LogP contribution in [-0.2, 0) is 28.2 Å². The average molecular weight is 649 g/mol. The maximum Gasteiger partial charge on any atom is 0.469 e. The first-order valence-corrected chi connectivity index (χ1v) is 19.9. The highest BCUT2D eigenvalue weighted by atomic mass is 31.2. The van der Waals surface area contributed by atoms with Crippen molar-refractivity contribution in [2.45, 2.75) is 200 Å². The molecule has 0 aromatic carbocycles. The molecule has 44 heavy (non-hydrogen) atoms. The summed E-state index contributed by atoms with van der Waals surface area (Å²) >= 11 is 0. The van der Waals surface area contributed by atoms with Crippen molar-refractivity contribution < 1.29 is 37.9 Å². The molecule has 0 bridgehead atoms. The first kappa shape index (κ1) is 43.0. The zero-order chi connectivity index (χ0) is 32.6. The van der Waals surface area contributed by atoms with Crippen LogP contribution >= 0.6 is 7.82 Å². The Labute approximate surface area is 270 Å². The fourth-order valence-electron chi connectivity index (χ4n) is 5.37. The fourth-order valence-corrected chi connectivity index (χ4v) is 5.73. The Morgan fingerprint density at radius 3 is 1.16 bits per heavy atom. The van der Waals surface area contributed by atoms with Gasteiger partial charge in [-0.05, 0) is 12.8 Å². The van der Waals surface area contributed by atoms with E-state index < -0.39 is 32.5 Å². The molecule has 0 amide bonds. The molecule has 0 aromatic rings. The number of unbranched alkanes of at least 4 members (excludes halogenated alkanes) is 24. The number of ether oxygens (including phenoxy) is 2. The topological polar surface area (TPSA) is 119 Å². The van der Waals surface area contributed by atoms with Crippen molar-refractivity contribution in [3.63, 3.8) is 0 Å². The predicted octanol–water partition coefficient (Wildman–Crippen LogP) is 10.5. The molecule has 0 fully saturated rings. The minimum atomic E-state index is -4.74. The Hall–Kier alpha value is -0.950. The molecule has 0 aliphatic carbocycles. The highest BCUT2D eigenvalue weighted by molar-refractivity contribution is 7.46. The van der Waals surface area contributed by atoms with Gasteiger partial charge < -0.3 is 19.3 Å². The van der Waals surface area contributed by atoms with Gasteiger partial charge in [0.2, 0.25) is 0 Å². The highest BCUT2D eigenvalue weighted by Crippen LogP contribution is 2.36. The molecule has 0 saturated carbocycles. The second-order valence-corrected chi connectivity index (χ2v) is 13.8. The largest absolute Gasteiger partial charge is 0.469 e. The van der Waals surface area contributed by atoms with E-state index in [1.165, 1.54) is 128 Å². The van der Waals surface area contributed by atoms with Crippen LogP contribution in [-0.4, -0.2) is 41.0 Å². The van der Waals surface area contributed by atoms with E-state index in [0.29, 0.717) is 6.42 Å². The molecule has 0 rings (SSSR count). The smallest absolute Gasteiger partial charge is 0.462 e. The van der Waals surface area contributed by atoms with E-state index >= 15 is 0 Å². The van der Waals surface area contributed by atoms with E-state index in [4.69, 9.17) is 19.3 Å². The molecule has 1 unspecified atom stereocenters. The summed E-state index contributed by atoms with van der Waals surface area (Å²) in [6.45, 7) is 3.67. The molecular weight excluding hydrogens is 579 g/mol. The zero-order valence-corrected chi connectivity index (χ0v) is 29.5. The minimum Gasteiger partial charge on any atom is -0.462 e. The SMILES string of the molecule is CCCCCCCCCCCCCCCCCCC(=O)OC(COC(=O)CCCCCCCCCCCC)COP(=O)(O)O. The third-order valence-corrected chi connectivity index (χ3v) is 8.61. The van der Waals surface area contributed by atoms with Crippen LogP contribution in [0.5, 0.6) is 0 Å². The molecule has 8 nitrogen and oxygen atoms in total. The van der Waals surface area contributed by atoms with Gasteiger partial charge in [0.15, 0.2) is 6.10 Å². The van der Waals surface area contributed by atoms with Crippen molar-refractivity contribution in [2.75, 3.05) is 13.2 Å². The van der Waals surface area contributed by atoms with Gasteiger partial charge in [-0.2, -0.15) is 0 Å². The van der Waals surface area contributed by atoms with E-state index in [2.05, 4.69) is 18.4 Å². The molecular formula is C35H69O8P. The number of esters is 2. The van der Waals surface area contributed by atoms with Crippen molar-refractivity contribution in [1.82, 2.24) is 0 Å². The number of hydrogen-bond donors (Lipinski definition) is 2. The van der Waals surface area contributed by atoms with Crippen LogP contribution in [0.4, 0.5) is 0 Å².